The first-order valence-corrected chi connectivity index (χ1v) is 8.98. The number of amides is 2. The van der Waals surface area contributed by atoms with Crippen LogP contribution in [0.1, 0.15) is 31.7 Å². The third-order valence-corrected chi connectivity index (χ3v) is 6.18. The van der Waals surface area contributed by atoms with Gasteiger partial charge in [0.1, 0.15) is 5.54 Å². The lowest BCUT2D eigenvalue weighted by Gasteiger charge is -2.46. The fraction of sp³-hybridized carbons (Fsp3) is 0.579. The Morgan fingerprint density at radius 3 is 2.76 bits per heavy atom. The van der Waals surface area contributed by atoms with E-state index in [1.165, 1.54) is 0 Å². The molecular weight excluding hydrogens is 320 g/mol. The topological polar surface area (TPSA) is 70.1 Å². The van der Waals surface area contributed by atoms with Gasteiger partial charge in [0.15, 0.2) is 0 Å². The van der Waals surface area contributed by atoms with E-state index >= 15 is 0 Å². The highest BCUT2D eigenvalue weighted by Crippen LogP contribution is 2.53. The van der Waals surface area contributed by atoms with Gasteiger partial charge in [-0.25, -0.2) is 4.79 Å². The van der Waals surface area contributed by atoms with Crippen molar-refractivity contribution in [3.8, 4) is 0 Å². The first-order chi connectivity index (χ1) is 12.1. The molecule has 0 spiro atoms. The molecule has 6 nitrogen and oxygen atoms in total. The summed E-state index contributed by atoms with van der Waals surface area (Å²) in [6, 6.07) is 9.80. The average molecular weight is 344 g/mol. The standard InChI is InChI=1S/C19H24N2O4/c1-19-15-10-16(23)20(11-13-6-3-2-4-7-13)17(19)25-18(24)21(19)12-14(15)8-5-9-22/h2-4,6-7,14-15,17,22H,5,8-12H2,1H3/t14-,15-,17?,19+/m1/s1. The summed E-state index contributed by atoms with van der Waals surface area (Å²) in [5.41, 5.74) is 0.558. The second-order valence-electron chi connectivity index (χ2n) is 7.52. The number of carbonyl (C=O) groups excluding carboxylic acids is 2. The van der Waals surface area contributed by atoms with E-state index in [2.05, 4.69) is 6.92 Å². The SMILES string of the molecule is C[C@]12C3OC(=O)N1C[C@@H](CCCO)[C@H]2CC(=O)N3Cc1ccccc1. The summed E-state index contributed by atoms with van der Waals surface area (Å²) < 4.78 is 5.65. The number of ether oxygens (including phenoxy) is 1. The summed E-state index contributed by atoms with van der Waals surface area (Å²) in [6.07, 6.45) is 1.11. The minimum atomic E-state index is -0.536. The van der Waals surface area contributed by atoms with Crippen LogP contribution in [0, 0.1) is 11.8 Å². The van der Waals surface area contributed by atoms with E-state index in [1.807, 2.05) is 35.2 Å². The lowest BCUT2D eigenvalue weighted by atomic mass is 9.73. The summed E-state index contributed by atoms with van der Waals surface area (Å²) in [6.45, 7) is 3.26. The predicted molar refractivity (Wildman–Crippen MR) is 90.3 cm³/mol. The first-order valence-electron chi connectivity index (χ1n) is 8.98. The smallest absolute Gasteiger partial charge is 0.412 e. The van der Waals surface area contributed by atoms with Crippen molar-refractivity contribution in [2.75, 3.05) is 13.2 Å². The summed E-state index contributed by atoms with van der Waals surface area (Å²) in [4.78, 5) is 28.8. The molecule has 134 valence electrons. The second kappa shape index (κ2) is 6.02. The Hall–Kier alpha value is -2.08. The predicted octanol–water partition coefficient (Wildman–Crippen LogP) is 1.97. The summed E-state index contributed by atoms with van der Waals surface area (Å²) >= 11 is 0. The van der Waals surface area contributed by atoms with Crippen LogP contribution in [0.3, 0.4) is 0 Å². The Balaban J connectivity index is 1.63. The first kappa shape index (κ1) is 16.4. The molecule has 2 amide bonds. The number of likely N-dealkylation sites (tertiary alicyclic amines) is 1. The molecule has 1 aromatic rings. The van der Waals surface area contributed by atoms with Gasteiger partial charge < -0.3 is 14.7 Å². The van der Waals surface area contributed by atoms with Crippen LogP contribution in [0.5, 0.6) is 0 Å². The highest BCUT2D eigenvalue weighted by Gasteiger charge is 2.67. The van der Waals surface area contributed by atoms with Crippen molar-refractivity contribution in [3.05, 3.63) is 35.9 Å². The van der Waals surface area contributed by atoms with E-state index in [0.717, 1.165) is 12.0 Å². The number of hydrogen-bond acceptors (Lipinski definition) is 4. The zero-order chi connectivity index (χ0) is 17.6. The van der Waals surface area contributed by atoms with Crippen molar-refractivity contribution in [2.24, 2.45) is 11.8 Å². The number of nitrogens with zero attached hydrogens (tertiary/aromatic N) is 2. The molecule has 3 saturated heterocycles. The van der Waals surface area contributed by atoms with Crippen molar-refractivity contribution >= 4 is 12.0 Å². The highest BCUT2D eigenvalue weighted by molar-refractivity contribution is 5.82. The van der Waals surface area contributed by atoms with Crippen molar-refractivity contribution in [3.63, 3.8) is 0 Å². The Kier molecular flexibility index (Phi) is 3.95. The van der Waals surface area contributed by atoms with Gasteiger partial charge in [0, 0.05) is 32.0 Å². The van der Waals surface area contributed by atoms with Gasteiger partial charge in [0.2, 0.25) is 12.1 Å². The zero-order valence-corrected chi connectivity index (χ0v) is 14.4. The van der Waals surface area contributed by atoms with Crippen LogP contribution >= 0.6 is 0 Å². The van der Waals surface area contributed by atoms with Crippen LogP contribution in [0.2, 0.25) is 0 Å². The molecule has 1 aromatic carbocycles. The van der Waals surface area contributed by atoms with E-state index in [1.54, 1.807) is 4.90 Å². The molecule has 0 saturated carbocycles. The molecule has 0 aromatic heterocycles. The molecule has 3 aliphatic heterocycles. The molecule has 0 aliphatic carbocycles. The maximum absolute atomic E-state index is 12.9. The monoisotopic (exact) mass is 344 g/mol. The normalized spacial score (nSPS) is 33.6. The van der Waals surface area contributed by atoms with Crippen LogP contribution in [-0.2, 0) is 16.1 Å². The zero-order valence-electron chi connectivity index (χ0n) is 14.4. The van der Waals surface area contributed by atoms with E-state index in [0.29, 0.717) is 25.9 Å². The van der Waals surface area contributed by atoms with Crippen LogP contribution in [-0.4, -0.2) is 51.8 Å². The third kappa shape index (κ3) is 2.42. The minimum absolute atomic E-state index is 0.0434. The molecular formula is C19H24N2O4. The quantitative estimate of drug-likeness (QED) is 0.887. The number of carbonyl (C=O) groups is 2. The summed E-state index contributed by atoms with van der Waals surface area (Å²) in [5, 5.41) is 9.15. The summed E-state index contributed by atoms with van der Waals surface area (Å²) in [5.74, 6) is 0.382. The van der Waals surface area contributed by atoms with Gasteiger partial charge in [0.25, 0.3) is 0 Å². The number of rotatable bonds is 5. The Morgan fingerprint density at radius 2 is 2.04 bits per heavy atom. The van der Waals surface area contributed by atoms with Crippen molar-refractivity contribution < 1.29 is 19.4 Å². The van der Waals surface area contributed by atoms with Gasteiger partial charge in [-0.1, -0.05) is 30.3 Å². The molecule has 4 rings (SSSR count). The van der Waals surface area contributed by atoms with Crippen LogP contribution in [0.25, 0.3) is 0 Å². The molecule has 0 radical (unpaired) electrons. The maximum atomic E-state index is 12.9. The average Bonchev–Trinajstić information content (AvgIpc) is 3.03. The van der Waals surface area contributed by atoms with Crippen LogP contribution in [0.4, 0.5) is 4.79 Å². The van der Waals surface area contributed by atoms with E-state index in [9.17, 15) is 9.59 Å². The van der Waals surface area contributed by atoms with Gasteiger partial charge in [-0.3, -0.25) is 9.69 Å². The van der Waals surface area contributed by atoms with Gasteiger partial charge in [-0.15, -0.1) is 0 Å². The van der Waals surface area contributed by atoms with Crippen molar-refractivity contribution in [2.45, 2.75) is 44.5 Å². The number of aliphatic hydroxyl groups is 1. The Labute approximate surface area is 147 Å². The Morgan fingerprint density at radius 1 is 1.28 bits per heavy atom. The van der Waals surface area contributed by atoms with Crippen LogP contribution in [0.15, 0.2) is 30.3 Å². The second-order valence-corrected chi connectivity index (χ2v) is 7.52. The number of benzene rings is 1. The summed E-state index contributed by atoms with van der Waals surface area (Å²) in [7, 11) is 0. The molecule has 0 bridgehead atoms. The van der Waals surface area contributed by atoms with Gasteiger partial charge in [0.05, 0.1) is 0 Å². The van der Waals surface area contributed by atoms with Gasteiger partial charge in [-0.05, 0) is 31.2 Å². The molecule has 1 N–H and O–H groups in total. The molecule has 6 heteroatoms. The largest absolute Gasteiger partial charge is 0.423 e. The van der Waals surface area contributed by atoms with Crippen LogP contribution < -0.4 is 0 Å². The number of aliphatic hydroxyl groups excluding tert-OH is 1. The molecule has 1 unspecified atom stereocenters. The molecule has 25 heavy (non-hydrogen) atoms. The van der Waals surface area contributed by atoms with Crippen molar-refractivity contribution in [1.29, 1.82) is 0 Å². The molecule has 3 fully saturated rings. The number of piperidine rings is 1. The van der Waals surface area contributed by atoms with Crippen molar-refractivity contribution in [1.82, 2.24) is 9.80 Å². The fourth-order valence-electron chi connectivity index (χ4n) is 4.89. The molecule has 4 atom stereocenters. The lowest BCUT2D eigenvalue weighted by Crippen LogP contribution is -2.61. The maximum Gasteiger partial charge on any atom is 0.412 e. The van der Waals surface area contributed by atoms with E-state index < -0.39 is 11.8 Å². The van der Waals surface area contributed by atoms with Gasteiger partial charge in [-0.2, -0.15) is 0 Å². The van der Waals surface area contributed by atoms with E-state index in [4.69, 9.17) is 9.84 Å². The molecule has 3 aliphatic rings. The van der Waals surface area contributed by atoms with Gasteiger partial charge >= 0.3 is 6.09 Å². The fourth-order valence-corrected chi connectivity index (χ4v) is 4.89. The highest BCUT2D eigenvalue weighted by atomic mass is 16.6. The minimum Gasteiger partial charge on any atom is -0.423 e. The molecule has 3 heterocycles. The Bertz CT molecular complexity index is 679. The third-order valence-electron chi connectivity index (χ3n) is 6.18. The number of hydrogen-bond donors (Lipinski definition) is 1. The van der Waals surface area contributed by atoms with E-state index in [-0.39, 0.29) is 30.4 Å². The lowest BCUT2D eigenvalue weighted by molar-refractivity contribution is -0.158.